The molecule has 5 heteroatoms. The third kappa shape index (κ3) is 1.94. The van der Waals surface area contributed by atoms with Crippen LogP contribution in [-0.2, 0) is 9.84 Å². The summed E-state index contributed by atoms with van der Waals surface area (Å²) in [5.41, 5.74) is 0.0218. The van der Waals surface area contributed by atoms with Gasteiger partial charge in [-0.3, -0.25) is 0 Å². The topological polar surface area (TPSA) is 57.6 Å². The lowest BCUT2D eigenvalue weighted by Gasteiger charge is -2.21. The quantitative estimate of drug-likeness (QED) is 0.679. The van der Waals surface area contributed by atoms with Gasteiger partial charge in [-0.2, -0.15) is 0 Å². The Balaban J connectivity index is 2.01. The molecule has 0 aromatic heterocycles. The molecule has 14 heavy (non-hydrogen) atoms. The lowest BCUT2D eigenvalue weighted by Crippen LogP contribution is -2.30. The molecule has 4 nitrogen and oxygen atoms in total. The van der Waals surface area contributed by atoms with Gasteiger partial charge in [0.05, 0.1) is 18.1 Å². The number of hydrogen-bond acceptors (Lipinski definition) is 4. The minimum atomic E-state index is -2.77. The van der Waals surface area contributed by atoms with Gasteiger partial charge >= 0.3 is 0 Å². The molecule has 0 aromatic carbocycles. The Bertz CT molecular complexity index is 314. The Morgan fingerprint density at radius 3 is 2.71 bits per heavy atom. The Kier molecular flexibility index (Phi) is 2.57. The number of likely N-dealkylation sites (tertiary alicyclic amines) is 1. The van der Waals surface area contributed by atoms with Crippen molar-refractivity contribution in [3.05, 3.63) is 0 Å². The third-order valence-electron chi connectivity index (χ3n) is 3.40. The van der Waals surface area contributed by atoms with E-state index >= 15 is 0 Å². The Labute approximate surface area is 84.8 Å². The van der Waals surface area contributed by atoms with Crippen LogP contribution in [0, 0.1) is 5.41 Å². The minimum Gasteiger partial charge on any atom is -0.395 e. The predicted octanol–water partition coefficient (Wildman–Crippen LogP) is -0.511. The monoisotopic (exact) mass is 219 g/mol. The predicted molar refractivity (Wildman–Crippen MR) is 53.8 cm³/mol. The summed E-state index contributed by atoms with van der Waals surface area (Å²) < 4.78 is 22.8. The van der Waals surface area contributed by atoms with Crippen LogP contribution in [0.5, 0.6) is 0 Å². The maximum absolute atomic E-state index is 11.4. The highest BCUT2D eigenvalue weighted by Gasteiger charge is 2.46. The zero-order chi connectivity index (χ0) is 10.2. The molecule has 2 rings (SSSR count). The van der Waals surface area contributed by atoms with Crippen LogP contribution in [-0.4, -0.2) is 56.2 Å². The number of nitrogens with zero attached hydrogens (tertiary/aromatic N) is 1. The van der Waals surface area contributed by atoms with Crippen LogP contribution >= 0.6 is 0 Å². The fourth-order valence-electron chi connectivity index (χ4n) is 2.66. The van der Waals surface area contributed by atoms with E-state index in [1.165, 1.54) is 0 Å². The van der Waals surface area contributed by atoms with Crippen molar-refractivity contribution in [2.24, 2.45) is 5.41 Å². The molecule has 1 atom stereocenters. The fourth-order valence-corrected chi connectivity index (χ4v) is 4.87. The standard InChI is InChI=1S/C9H17NO3S/c11-5-4-10-3-1-9(7-10)2-6-14(12,13)8-9/h11H,1-8H2/t9-/m0/s1. The van der Waals surface area contributed by atoms with Crippen molar-refractivity contribution in [3.63, 3.8) is 0 Å². The van der Waals surface area contributed by atoms with E-state index in [9.17, 15) is 8.42 Å². The number of aliphatic hydroxyl groups is 1. The van der Waals surface area contributed by atoms with Crippen LogP contribution in [0.4, 0.5) is 0 Å². The van der Waals surface area contributed by atoms with Crippen molar-refractivity contribution in [3.8, 4) is 0 Å². The number of rotatable bonds is 2. The van der Waals surface area contributed by atoms with E-state index in [1.54, 1.807) is 0 Å². The molecule has 0 saturated carbocycles. The summed E-state index contributed by atoms with van der Waals surface area (Å²) in [6, 6.07) is 0. The average Bonchev–Trinajstić information content (AvgIpc) is 2.59. The Hall–Kier alpha value is -0.130. The molecular weight excluding hydrogens is 202 g/mol. The first-order valence-electron chi connectivity index (χ1n) is 5.09. The molecule has 0 aromatic rings. The summed E-state index contributed by atoms with van der Waals surface area (Å²) in [6.45, 7) is 2.65. The zero-order valence-electron chi connectivity index (χ0n) is 8.28. The maximum Gasteiger partial charge on any atom is 0.150 e. The molecule has 1 N–H and O–H groups in total. The normalized spacial score (nSPS) is 36.9. The summed E-state index contributed by atoms with van der Waals surface area (Å²) in [7, 11) is -2.77. The molecule has 0 bridgehead atoms. The van der Waals surface area contributed by atoms with Crippen LogP contribution < -0.4 is 0 Å². The third-order valence-corrected chi connectivity index (χ3v) is 5.28. The van der Waals surface area contributed by atoms with Gasteiger partial charge in [0.1, 0.15) is 0 Å². The van der Waals surface area contributed by atoms with Crippen molar-refractivity contribution < 1.29 is 13.5 Å². The molecule has 0 unspecified atom stereocenters. The van der Waals surface area contributed by atoms with E-state index in [4.69, 9.17) is 5.11 Å². The van der Waals surface area contributed by atoms with Gasteiger partial charge in [-0.15, -0.1) is 0 Å². The second kappa shape index (κ2) is 3.47. The number of aliphatic hydroxyl groups excluding tert-OH is 1. The van der Waals surface area contributed by atoms with Crippen molar-refractivity contribution >= 4 is 9.84 Å². The molecular formula is C9H17NO3S. The lowest BCUT2D eigenvalue weighted by atomic mass is 9.87. The van der Waals surface area contributed by atoms with E-state index < -0.39 is 9.84 Å². The van der Waals surface area contributed by atoms with Gasteiger partial charge < -0.3 is 10.0 Å². The largest absolute Gasteiger partial charge is 0.395 e. The van der Waals surface area contributed by atoms with E-state index in [-0.39, 0.29) is 12.0 Å². The first-order valence-corrected chi connectivity index (χ1v) is 6.91. The molecule has 2 fully saturated rings. The van der Waals surface area contributed by atoms with Gasteiger partial charge in [0.2, 0.25) is 0 Å². The van der Waals surface area contributed by atoms with Crippen molar-refractivity contribution in [1.29, 1.82) is 0 Å². The van der Waals surface area contributed by atoms with Gasteiger partial charge in [-0.25, -0.2) is 8.42 Å². The van der Waals surface area contributed by atoms with Crippen LogP contribution in [0.2, 0.25) is 0 Å². The SMILES string of the molecule is O=S1(=O)CC[C@]2(CCN(CCO)C2)C1. The smallest absolute Gasteiger partial charge is 0.150 e. The zero-order valence-corrected chi connectivity index (χ0v) is 9.09. The van der Waals surface area contributed by atoms with Gasteiger partial charge in [0, 0.05) is 13.1 Å². The van der Waals surface area contributed by atoms with Crippen molar-refractivity contribution in [1.82, 2.24) is 4.90 Å². The lowest BCUT2D eigenvalue weighted by molar-refractivity contribution is 0.206. The molecule has 1 spiro atoms. The van der Waals surface area contributed by atoms with Gasteiger partial charge in [-0.1, -0.05) is 0 Å². The molecule has 0 radical (unpaired) electrons. The first-order chi connectivity index (χ1) is 6.55. The summed E-state index contributed by atoms with van der Waals surface area (Å²) in [5.74, 6) is 0.724. The molecule has 82 valence electrons. The highest BCUT2D eigenvalue weighted by Crippen LogP contribution is 2.40. The van der Waals surface area contributed by atoms with Gasteiger partial charge in [-0.05, 0) is 24.8 Å². The summed E-state index contributed by atoms with van der Waals surface area (Å²) in [5, 5.41) is 8.80. The molecule has 2 aliphatic rings. The van der Waals surface area contributed by atoms with Gasteiger partial charge in [0.25, 0.3) is 0 Å². The van der Waals surface area contributed by atoms with Crippen LogP contribution in [0.25, 0.3) is 0 Å². The maximum atomic E-state index is 11.4. The first kappa shape index (κ1) is 10.4. The Morgan fingerprint density at radius 2 is 2.14 bits per heavy atom. The van der Waals surface area contributed by atoms with E-state index in [2.05, 4.69) is 4.90 Å². The van der Waals surface area contributed by atoms with Crippen molar-refractivity contribution in [2.45, 2.75) is 12.8 Å². The Morgan fingerprint density at radius 1 is 1.36 bits per heavy atom. The van der Waals surface area contributed by atoms with E-state index in [0.717, 1.165) is 25.9 Å². The highest BCUT2D eigenvalue weighted by molar-refractivity contribution is 7.91. The molecule has 2 aliphatic heterocycles. The van der Waals surface area contributed by atoms with Crippen molar-refractivity contribution in [2.75, 3.05) is 37.7 Å². The second-order valence-electron chi connectivity index (χ2n) is 4.59. The summed E-state index contributed by atoms with van der Waals surface area (Å²) >= 11 is 0. The van der Waals surface area contributed by atoms with Crippen LogP contribution in [0.3, 0.4) is 0 Å². The summed E-state index contributed by atoms with van der Waals surface area (Å²) in [4.78, 5) is 2.17. The number of β-amino-alcohol motifs (C(OH)–C–C–N with tert-alkyl or cyclic N) is 1. The molecule has 2 saturated heterocycles. The fraction of sp³-hybridized carbons (Fsp3) is 1.00. The summed E-state index contributed by atoms with van der Waals surface area (Å²) in [6.07, 6.45) is 1.80. The average molecular weight is 219 g/mol. The van der Waals surface area contributed by atoms with E-state index in [0.29, 0.717) is 18.1 Å². The number of hydrogen-bond donors (Lipinski definition) is 1. The highest BCUT2D eigenvalue weighted by atomic mass is 32.2. The molecule has 0 aliphatic carbocycles. The minimum absolute atomic E-state index is 0.0218. The van der Waals surface area contributed by atoms with Gasteiger partial charge in [0.15, 0.2) is 9.84 Å². The van der Waals surface area contributed by atoms with E-state index in [1.807, 2.05) is 0 Å². The van der Waals surface area contributed by atoms with Crippen LogP contribution in [0.15, 0.2) is 0 Å². The molecule has 0 amide bonds. The van der Waals surface area contributed by atoms with Crippen LogP contribution in [0.1, 0.15) is 12.8 Å². The number of sulfone groups is 1. The second-order valence-corrected chi connectivity index (χ2v) is 6.78. The molecule has 2 heterocycles.